The fourth-order valence-corrected chi connectivity index (χ4v) is 0.820. The largest absolute Gasteiger partial charge is 0.444 e. The van der Waals surface area contributed by atoms with Crippen LogP contribution in [0, 0.1) is 0 Å². The topological polar surface area (TPSA) is 58.6 Å². The van der Waals surface area contributed by atoms with Gasteiger partial charge in [0.05, 0.1) is 12.1 Å². The Bertz CT molecular complexity index is 206. The molecule has 4 heteroatoms. The highest BCUT2D eigenvalue weighted by Gasteiger charge is 2.19. The van der Waals surface area contributed by atoms with Gasteiger partial charge < -0.3 is 15.2 Å². The second kappa shape index (κ2) is 5.00. The van der Waals surface area contributed by atoms with E-state index in [-0.39, 0.29) is 0 Å². The molecular weight excluding hydrogens is 182 g/mol. The summed E-state index contributed by atoms with van der Waals surface area (Å²) >= 11 is 0. The molecule has 0 fully saturated rings. The average molecular weight is 201 g/mol. The second-order valence-electron chi connectivity index (χ2n) is 4.15. The van der Waals surface area contributed by atoms with Gasteiger partial charge in [-0.25, -0.2) is 4.79 Å². The van der Waals surface area contributed by atoms with Crippen LogP contribution in [0.2, 0.25) is 0 Å². The number of ether oxygens (including phenoxy) is 1. The predicted octanol–water partition coefficient (Wildman–Crippen LogP) is 1.45. The molecule has 0 spiro atoms. The van der Waals surface area contributed by atoms with Gasteiger partial charge in [-0.2, -0.15) is 0 Å². The van der Waals surface area contributed by atoms with Gasteiger partial charge in [-0.3, -0.25) is 0 Å². The summed E-state index contributed by atoms with van der Waals surface area (Å²) in [4.78, 5) is 11.2. The third kappa shape index (κ3) is 5.59. The summed E-state index contributed by atoms with van der Waals surface area (Å²) in [6.45, 7) is 10.4. The number of hydrogen-bond donors (Lipinski definition) is 2. The van der Waals surface area contributed by atoms with Crippen molar-refractivity contribution in [1.82, 2.24) is 5.32 Å². The van der Waals surface area contributed by atoms with E-state index in [1.807, 2.05) is 0 Å². The molecule has 0 heterocycles. The number of carbonyl (C=O) groups excluding carboxylic acids is 1. The fraction of sp³-hybridized carbons (Fsp3) is 0.700. The molecule has 0 aromatic rings. The average Bonchev–Trinajstić information content (AvgIpc) is 1.96. The summed E-state index contributed by atoms with van der Waals surface area (Å²) in [6.07, 6.45) is 0.234. The van der Waals surface area contributed by atoms with Crippen molar-refractivity contribution in [2.75, 3.05) is 0 Å². The van der Waals surface area contributed by atoms with Gasteiger partial charge >= 0.3 is 6.09 Å². The van der Waals surface area contributed by atoms with Crippen LogP contribution >= 0.6 is 0 Å². The van der Waals surface area contributed by atoms with E-state index in [2.05, 4.69) is 11.9 Å². The molecule has 0 aliphatic carbocycles. The van der Waals surface area contributed by atoms with Gasteiger partial charge in [-0.15, -0.1) is 6.58 Å². The third-order valence-electron chi connectivity index (χ3n) is 1.46. The van der Waals surface area contributed by atoms with E-state index in [4.69, 9.17) is 4.74 Å². The van der Waals surface area contributed by atoms with Crippen molar-refractivity contribution in [2.45, 2.75) is 45.4 Å². The first-order valence-electron chi connectivity index (χ1n) is 4.56. The molecule has 0 aliphatic rings. The minimum atomic E-state index is -0.681. The molecule has 0 bridgehead atoms. The molecule has 4 nitrogen and oxygen atoms in total. The fourth-order valence-electron chi connectivity index (χ4n) is 0.820. The van der Waals surface area contributed by atoms with Crippen LogP contribution in [-0.4, -0.2) is 28.9 Å². The van der Waals surface area contributed by atoms with Gasteiger partial charge in [-0.05, 0) is 27.7 Å². The van der Waals surface area contributed by atoms with Gasteiger partial charge in [-0.1, -0.05) is 6.08 Å². The zero-order valence-corrected chi connectivity index (χ0v) is 9.20. The molecule has 0 saturated carbocycles. The molecule has 0 aliphatic heterocycles. The zero-order chi connectivity index (χ0) is 11.4. The van der Waals surface area contributed by atoms with Gasteiger partial charge in [0.15, 0.2) is 0 Å². The molecule has 0 aromatic heterocycles. The van der Waals surface area contributed by atoms with Crippen LogP contribution in [0.25, 0.3) is 0 Å². The lowest BCUT2D eigenvalue weighted by Gasteiger charge is -2.23. The van der Waals surface area contributed by atoms with E-state index in [0.717, 1.165) is 0 Å². The van der Waals surface area contributed by atoms with Crippen molar-refractivity contribution >= 4 is 6.09 Å². The first-order valence-corrected chi connectivity index (χ1v) is 4.56. The molecule has 14 heavy (non-hydrogen) atoms. The molecule has 0 radical (unpaired) electrons. The smallest absolute Gasteiger partial charge is 0.408 e. The van der Waals surface area contributed by atoms with Crippen LogP contribution < -0.4 is 5.32 Å². The van der Waals surface area contributed by atoms with Gasteiger partial charge in [0, 0.05) is 0 Å². The number of alkyl carbamates (subject to hydrolysis) is 1. The Kier molecular flexibility index (Phi) is 4.63. The summed E-state index contributed by atoms with van der Waals surface area (Å²) in [5, 5.41) is 11.7. The van der Waals surface area contributed by atoms with Gasteiger partial charge in [0.1, 0.15) is 5.60 Å². The molecule has 82 valence electrons. The van der Waals surface area contributed by atoms with Crippen LogP contribution in [0.1, 0.15) is 27.7 Å². The van der Waals surface area contributed by atoms with E-state index in [1.165, 1.54) is 6.08 Å². The van der Waals surface area contributed by atoms with Gasteiger partial charge in [0.2, 0.25) is 0 Å². The lowest BCUT2D eigenvalue weighted by atomic mass is 10.2. The first kappa shape index (κ1) is 13.0. The number of rotatable bonds is 3. The van der Waals surface area contributed by atoms with Crippen molar-refractivity contribution in [1.29, 1.82) is 0 Å². The highest BCUT2D eigenvalue weighted by Crippen LogP contribution is 2.07. The van der Waals surface area contributed by atoms with E-state index in [1.54, 1.807) is 27.7 Å². The number of hydrogen-bond acceptors (Lipinski definition) is 3. The summed E-state index contributed by atoms with van der Waals surface area (Å²) in [5.74, 6) is 0. The number of amides is 1. The van der Waals surface area contributed by atoms with E-state index >= 15 is 0 Å². The molecule has 0 aromatic carbocycles. The standard InChI is InChI=1S/C10H19NO3/c1-6-8(7(2)12)11-9(13)14-10(3,4)5/h6-8,12H,1H2,2-5H3,(H,11,13). The maximum atomic E-state index is 11.2. The number of aliphatic hydroxyl groups excluding tert-OH is 1. The van der Waals surface area contributed by atoms with E-state index in [0.29, 0.717) is 0 Å². The number of aliphatic hydroxyl groups is 1. The Hall–Kier alpha value is -1.03. The van der Waals surface area contributed by atoms with Crippen LogP contribution in [-0.2, 0) is 4.74 Å². The lowest BCUT2D eigenvalue weighted by molar-refractivity contribution is 0.0465. The minimum Gasteiger partial charge on any atom is -0.444 e. The second-order valence-corrected chi connectivity index (χ2v) is 4.15. The van der Waals surface area contributed by atoms with Gasteiger partial charge in [0.25, 0.3) is 0 Å². The van der Waals surface area contributed by atoms with Crippen molar-refractivity contribution in [2.24, 2.45) is 0 Å². The molecule has 2 unspecified atom stereocenters. The van der Waals surface area contributed by atoms with E-state index < -0.39 is 23.8 Å². The SMILES string of the molecule is C=CC(NC(=O)OC(C)(C)C)C(C)O. The molecular formula is C10H19NO3. The number of carbonyl (C=O) groups is 1. The van der Waals surface area contributed by atoms with Crippen LogP contribution in [0.4, 0.5) is 4.79 Å². The molecule has 2 N–H and O–H groups in total. The summed E-state index contributed by atoms with van der Waals surface area (Å²) in [5.41, 5.74) is -0.533. The van der Waals surface area contributed by atoms with Crippen molar-refractivity contribution < 1.29 is 14.6 Å². The lowest BCUT2D eigenvalue weighted by Crippen LogP contribution is -2.43. The highest BCUT2D eigenvalue weighted by atomic mass is 16.6. The number of nitrogens with one attached hydrogen (secondary N) is 1. The quantitative estimate of drug-likeness (QED) is 0.679. The van der Waals surface area contributed by atoms with Crippen LogP contribution in [0.15, 0.2) is 12.7 Å². The zero-order valence-electron chi connectivity index (χ0n) is 9.20. The van der Waals surface area contributed by atoms with Crippen LogP contribution in [0.5, 0.6) is 0 Å². The Morgan fingerprint density at radius 3 is 2.36 bits per heavy atom. The van der Waals surface area contributed by atoms with E-state index in [9.17, 15) is 9.90 Å². The molecule has 1 amide bonds. The minimum absolute atomic E-state index is 0.482. The maximum Gasteiger partial charge on any atom is 0.408 e. The Balaban J connectivity index is 4.11. The highest BCUT2D eigenvalue weighted by molar-refractivity contribution is 5.68. The molecule has 0 saturated heterocycles. The predicted molar refractivity (Wildman–Crippen MR) is 55.0 cm³/mol. The third-order valence-corrected chi connectivity index (χ3v) is 1.46. The summed E-state index contributed by atoms with van der Waals surface area (Å²) < 4.78 is 5.01. The van der Waals surface area contributed by atoms with Crippen molar-refractivity contribution in [3.63, 3.8) is 0 Å². The Labute approximate surface area is 85.0 Å². The van der Waals surface area contributed by atoms with Crippen molar-refractivity contribution in [3.05, 3.63) is 12.7 Å². The Morgan fingerprint density at radius 1 is 1.57 bits per heavy atom. The summed E-state index contributed by atoms with van der Waals surface area (Å²) in [6, 6.07) is -0.482. The normalized spacial score (nSPS) is 15.5. The molecule has 2 atom stereocenters. The maximum absolute atomic E-state index is 11.2. The summed E-state index contributed by atoms with van der Waals surface area (Å²) in [7, 11) is 0. The van der Waals surface area contributed by atoms with Crippen LogP contribution in [0.3, 0.4) is 0 Å². The monoisotopic (exact) mass is 201 g/mol. The molecule has 0 rings (SSSR count). The first-order chi connectivity index (χ1) is 6.26. The Morgan fingerprint density at radius 2 is 2.07 bits per heavy atom. The van der Waals surface area contributed by atoms with Crippen molar-refractivity contribution in [3.8, 4) is 0 Å².